The number of rotatable bonds is 3. The first kappa shape index (κ1) is 15.4. The van der Waals surface area contributed by atoms with E-state index in [1.807, 2.05) is 13.0 Å². The lowest BCUT2D eigenvalue weighted by Gasteiger charge is -2.27. The fraction of sp³-hybridized carbons (Fsp3) is 0.444. The summed E-state index contributed by atoms with van der Waals surface area (Å²) < 4.78 is 7.75. The molecule has 1 aliphatic carbocycles. The van der Waals surface area contributed by atoms with E-state index >= 15 is 0 Å². The van der Waals surface area contributed by atoms with Crippen molar-refractivity contribution in [3.05, 3.63) is 35.9 Å². The molecule has 134 valence electrons. The molecule has 0 spiro atoms. The summed E-state index contributed by atoms with van der Waals surface area (Å²) in [5.74, 6) is 1.42. The third-order valence-corrected chi connectivity index (χ3v) is 5.18. The van der Waals surface area contributed by atoms with Crippen molar-refractivity contribution in [1.82, 2.24) is 24.4 Å². The van der Waals surface area contributed by atoms with Gasteiger partial charge in [0.2, 0.25) is 11.5 Å². The van der Waals surface area contributed by atoms with Crippen LogP contribution < -0.4 is 5.32 Å². The molecule has 26 heavy (non-hydrogen) atoms. The standard InChI is InChI=1S/C18H20N6O2/c1-11-7-13-14(22-18(2)3-4-18)20-15(21-16(13)26-11)17(25)23-5-6-24-10-19-8-12(24)9-23/h7-8,10H,3-6,9H2,1-2H3,(H,20,21,22). The molecule has 0 saturated heterocycles. The van der Waals surface area contributed by atoms with Crippen molar-refractivity contribution >= 4 is 22.8 Å². The number of nitrogens with zero attached hydrogens (tertiary/aromatic N) is 5. The molecule has 1 fully saturated rings. The minimum atomic E-state index is -0.183. The van der Waals surface area contributed by atoms with Crippen LogP contribution in [0.15, 0.2) is 23.0 Å². The zero-order chi connectivity index (χ0) is 17.9. The lowest BCUT2D eigenvalue weighted by atomic mass is 10.2. The monoisotopic (exact) mass is 352 g/mol. The fourth-order valence-corrected chi connectivity index (χ4v) is 3.33. The van der Waals surface area contributed by atoms with Gasteiger partial charge in [-0.3, -0.25) is 4.79 Å². The molecule has 8 heteroatoms. The summed E-state index contributed by atoms with van der Waals surface area (Å²) in [6.07, 6.45) is 5.77. The summed E-state index contributed by atoms with van der Waals surface area (Å²) >= 11 is 0. The van der Waals surface area contributed by atoms with Gasteiger partial charge in [0.15, 0.2) is 0 Å². The molecule has 1 aliphatic heterocycles. The fourth-order valence-electron chi connectivity index (χ4n) is 3.33. The zero-order valence-electron chi connectivity index (χ0n) is 14.8. The number of amides is 1. The third-order valence-electron chi connectivity index (χ3n) is 5.18. The summed E-state index contributed by atoms with van der Waals surface area (Å²) in [5, 5.41) is 4.29. The van der Waals surface area contributed by atoms with Gasteiger partial charge in [0, 0.05) is 24.8 Å². The Kier molecular flexibility index (Phi) is 3.13. The molecular formula is C18H20N6O2. The van der Waals surface area contributed by atoms with Crippen molar-refractivity contribution in [2.24, 2.45) is 0 Å². The lowest BCUT2D eigenvalue weighted by molar-refractivity contribution is 0.0699. The van der Waals surface area contributed by atoms with Crippen LogP contribution in [0.1, 0.15) is 41.8 Å². The van der Waals surface area contributed by atoms with Crippen molar-refractivity contribution in [2.45, 2.75) is 45.3 Å². The average molecular weight is 352 g/mol. The number of carbonyl (C=O) groups is 1. The molecule has 0 atom stereocenters. The van der Waals surface area contributed by atoms with E-state index in [-0.39, 0.29) is 17.3 Å². The second-order valence-electron chi connectivity index (χ2n) is 7.46. The molecule has 8 nitrogen and oxygen atoms in total. The van der Waals surface area contributed by atoms with Crippen LogP contribution >= 0.6 is 0 Å². The Hall–Kier alpha value is -2.90. The lowest BCUT2D eigenvalue weighted by Crippen LogP contribution is -2.38. The zero-order valence-corrected chi connectivity index (χ0v) is 14.8. The van der Waals surface area contributed by atoms with Gasteiger partial charge < -0.3 is 19.2 Å². The second-order valence-corrected chi connectivity index (χ2v) is 7.46. The summed E-state index contributed by atoms with van der Waals surface area (Å²) in [4.78, 5) is 27.9. The summed E-state index contributed by atoms with van der Waals surface area (Å²) in [6, 6.07) is 1.91. The number of hydrogen-bond donors (Lipinski definition) is 1. The van der Waals surface area contributed by atoms with Crippen LogP contribution in [-0.2, 0) is 13.1 Å². The normalized spacial score (nSPS) is 18.0. The van der Waals surface area contributed by atoms with Gasteiger partial charge in [0.1, 0.15) is 11.6 Å². The molecule has 3 aromatic heterocycles. The highest BCUT2D eigenvalue weighted by Crippen LogP contribution is 2.39. The maximum Gasteiger partial charge on any atom is 0.292 e. The van der Waals surface area contributed by atoms with E-state index < -0.39 is 0 Å². The number of aromatic nitrogens is 4. The van der Waals surface area contributed by atoms with Gasteiger partial charge >= 0.3 is 0 Å². The summed E-state index contributed by atoms with van der Waals surface area (Å²) in [6.45, 7) is 5.88. The van der Waals surface area contributed by atoms with Gasteiger partial charge in [-0.05, 0) is 32.8 Å². The van der Waals surface area contributed by atoms with Crippen LogP contribution in [-0.4, -0.2) is 42.4 Å². The van der Waals surface area contributed by atoms with Crippen molar-refractivity contribution in [2.75, 3.05) is 11.9 Å². The minimum absolute atomic E-state index is 0.0460. The minimum Gasteiger partial charge on any atom is -0.443 e. The molecule has 2 aliphatic rings. The topological polar surface area (TPSA) is 89.1 Å². The first-order chi connectivity index (χ1) is 12.5. The van der Waals surface area contributed by atoms with Gasteiger partial charge in [0.05, 0.1) is 24.0 Å². The van der Waals surface area contributed by atoms with Crippen molar-refractivity contribution in [3.63, 3.8) is 0 Å². The predicted molar refractivity (Wildman–Crippen MR) is 94.8 cm³/mol. The first-order valence-electron chi connectivity index (χ1n) is 8.85. The van der Waals surface area contributed by atoms with E-state index in [1.165, 1.54) is 0 Å². The Morgan fingerprint density at radius 3 is 2.96 bits per heavy atom. The van der Waals surface area contributed by atoms with Crippen molar-refractivity contribution in [3.8, 4) is 0 Å². The molecule has 0 aromatic carbocycles. The predicted octanol–water partition coefficient (Wildman–Crippen LogP) is 2.35. The molecule has 0 radical (unpaired) electrons. The van der Waals surface area contributed by atoms with Gasteiger partial charge in [-0.1, -0.05) is 0 Å². The maximum atomic E-state index is 13.0. The van der Waals surface area contributed by atoms with E-state index in [9.17, 15) is 4.79 Å². The van der Waals surface area contributed by atoms with Crippen LogP contribution in [0.2, 0.25) is 0 Å². The number of imidazole rings is 1. The third kappa shape index (κ3) is 2.53. The second kappa shape index (κ2) is 5.30. The van der Waals surface area contributed by atoms with Crippen molar-refractivity contribution in [1.29, 1.82) is 0 Å². The molecule has 4 heterocycles. The molecule has 1 N–H and O–H groups in total. The Morgan fingerprint density at radius 1 is 1.31 bits per heavy atom. The van der Waals surface area contributed by atoms with Crippen LogP contribution in [0, 0.1) is 6.92 Å². The number of carbonyl (C=O) groups excluding carboxylic acids is 1. The Bertz CT molecular complexity index is 1020. The highest BCUT2D eigenvalue weighted by Gasteiger charge is 2.38. The van der Waals surface area contributed by atoms with Gasteiger partial charge in [0.25, 0.3) is 5.91 Å². The Balaban J connectivity index is 1.51. The van der Waals surface area contributed by atoms with Gasteiger partial charge in [-0.2, -0.15) is 4.98 Å². The van der Waals surface area contributed by atoms with E-state index in [1.54, 1.807) is 17.4 Å². The number of hydrogen-bond acceptors (Lipinski definition) is 6. The highest BCUT2D eigenvalue weighted by molar-refractivity contribution is 5.95. The van der Waals surface area contributed by atoms with Crippen LogP contribution in [0.4, 0.5) is 5.82 Å². The number of anilines is 1. The first-order valence-corrected chi connectivity index (χ1v) is 8.85. The van der Waals surface area contributed by atoms with Gasteiger partial charge in [-0.25, -0.2) is 9.97 Å². The van der Waals surface area contributed by atoms with Crippen LogP contribution in [0.25, 0.3) is 11.1 Å². The molecule has 3 aromatic rings. The molecule has 5 rings (SSSR count). The summed E-state index contributed by atoms with van der Waals surface area (Å²) in [5.41, 5.74) is 1.52. The highest BCUT2D eigenvalue weighted by atomic mass is 16.3. The average Bonchev–Trinajstić information content (AvgIpc) is 3.03. The van der Waals surface area contributed by atoms with Crippen LogP contribution in [0.3, 0.4) is 0 Å². The van der Waals surface area contributed by atoms with E-state index in [0.717, 1.165) is 36.2 Å². The number of aryl methyl sites for hydroxylation is 1. The van der Waals surface area contributed by atoms with Crippen molar-refractivity contribution < 1.29 is 9.21 Å². The number of furan rings is 1. The number of nitrogens with one attached hydrogen (secondary N) is 1. The number of fused-ring (bicyclic) bond motifs is 2. The van der Waals surface area contributed by atoms with Crippen LogP contribution in [0.5, 0.6) is 0 Å². The molecule has 0 unspecified atom stereocenters. The molecule has 0 bridgehead atoms. The molecular weight excluding hydrogens is 332 g/mol. The molecule has 1 amide bonds. The van der Waals surface area contributed by atoms with E-state index in [4.69, 9.17) is 4.42 Å². The Labute approximate surface area is 150 Å². The molecule has 1 saturated carbocycles. The van der Waals surface area contributed by atoms with E-state index in [2.05, 4.69) is 31.8 Å². The largest absolute Gasteiger partial charge is 0.443 e. The SMILES string of the molecule is Cc1cc2c(NC3(C)CC3)nc(C(=O)N3CCn4cncc4C3)nc2o1. The Morgan fingerprint density at radius 2 is 2.15 bits per heavy atom. The maximum absolute atomic E-state index is 13.0. The quantitative estimate of drug-likeness (QED) is 0.778. The summed E-state index contributed by atoms with van der Waals surface area (Å²) in [7, 11) is 0. The van der Waals surface area contributed by atoms with E-state index in [0.29, 0.717) is 24.6 Å². The van der Waals surface area contributed by atoms with Gasteiger partial charge in [-0.15, -0.1) is 0 Å². The smallest absolute Gasteiger partial charge is 0.292 e.